The van der Waals surface area contributed by atoms with Crippen molar-refractivity contribution in [2.75, 3.05) is 5.32 Å². The van der Waals surface area contributed by atoms with E-state index >= 15 is 0 Å². The van der Waals surface area contributed by atoms with Gasteiger partial charge in [-0.25, -0.2) is 23.5 Å². The lowest BCUT2D eigenvalue weighted by atomic mass is 10.2. The van der Waals surface area contributed by atoms with Crippen molar-refractivity contribution in [3.8, 4) is 0 Å². The van der Waals surface area contributed by atoms with Crippen molar-refractivity contribution in [1.82, 2.24) is 9.97 Å². The van der Waals surface area contributed by atoms with E-state index in [1.807, 2.05) is 24.3 Å². The first-order valence-electron chi connectivity index (χ1n) is 7.65. The van der Waals surface area contributed by atoms with E-state index in [0.717, 1.165) is 15.9 Å². The lowest BCUT2D eigenvalue weighted by Gasteiger charge is -2.12. The minimum absolute atomic E-state index is 0.00891. The van der Waals surface area contributed by atoms with E-state index < -0.39 is 15.3 Å². The molecule has 0 spiro atoms. The van der Waals surface area contributed by atoms with Crippen molar-refractivity contribution < 1.29 is 13.2 Å². The fourth-order valence-electron chi connectivity index (χ4n) is 2.27. The Morgan fingerprint density at radius 3 is 2.50 bits per heavy atom. The van der Waals surface area contributed by atoms with E-state index in [-0.39, 0.29) is 10.8 Å². The summed E-state index contributed by atoms with van der Waals surface area (Å²) >= 11 is 1.33. The quantitative estimate of drug-likeness (QED) is 0.512. The maximum Gasteiger partial charge on any atom is 0.238 e. The number of primary sulfonamides is 1. The first kappa shape index (κ1) is 18.3. The largest absolute Gasteiger partial charge is 0.325 e. The highest BCUT2D eigenvalue weighted by Crippen LogP contribution is 2.28. The molecule has 1 amide bonds. The van der Waals surface area contributed by atoms with E-state index in [0.29, 0.717) is 5.69 Å². The van der Waals surface area contributed by atoms with Gasteiger partial charge in [-0.1, -0.05) is 30.0 Å². The molecule has 9 heteroatoms. The third kappa shape index (κ3) is 4.18. The van der Waals surface area contributed by atoms with Crippen LogP contribution >= 0.6 is 11.8 Å². The van der Waals surface area contributed by atoms with Crippen LogP contribution in [0.1, 0.15) is 6.92 Å². The molecule has 0 saturated heterocycles. The van der Waals surface area contributed by atoms with Crippen molar-refractivity contribution in [3.05, 3.63) is 54.9 Å². The molecule has 0 bridgehead atoms. The maximum atomic E-state index is 12.4. The summed E-state index contributed by atoms with van der Waals surface area (Å²) in [5, 5.41) is 9.01. The average molecular weight is 388 g/mol. The number of nitrogens with one attached hydrogen (secondary N) is 1. The van der Waals surface area contributed by atoms with Gasteiger partial charge in [-0.2, -0.15) is 0 Å². The Morgan fingerprint density at radius 2 is 1.81 bits per heavy atom. The van der Waals surface area contributed by atoms with Crippen LogP contribution in [0.3, 0.4) is 0 Å². The third-order valence-corrected chi connectivity index (χ3v) is 5.66. The summed E-state index contributed by atoms with van der Waals surface area (Å²) in [6.45, 7) is 1.77. The molecule has 0 saturated carbocycles. The lowest BCUT2D eigenvalue weighted by Crippen LogP contribution is -2.22. The summed E-state index contributed by atoms with van der Waals surface area (Å²) < 4.78 is 22.5. The Kier molecular flexibility index (Phi) is 5.21. The van der Waals surface area contributed by atoms with Gasteiger partial charge in [0.05, 0.1) is 15.7 Å². The van der Waals surface area contributed by atoms with Gasteiger partial charge in [0.2, 0.25) is 15.9 Å². The van der Waals surface area contributed by atoms with Crippen LogP contribution in [0.2, 0.25) is 0 Å². The third-order valence-electron chi connectivity index (χ3n) is 3.61. The molecule has 26 heavy (non-hydrogen) atoms. The number of para-hydroxylation sites is 1. The number of rotatable bonds is 5. The van der Waals surface area contributed by atoms with Gasteiger partial charge in [-0.05, 0) is 37.3 Å². The summed E-state index contributed by atoms with van der Waals surface area (Å²) in [5.74, 6) is -0.221. The molecule has 1 atom stereocenters. The van der Waals surface area contributed by atoms with E-state index in [2.05, 4.69) is 15.3 Å². The second kappa shape index (κ2) is 7.40. The van der Waals surface area contributed by atoms with Crippen molar-refractivity contribution in [3.63, 3.8) is 0 Å². The second-order valence-electron chi connectivity index (χ2n) is 5.51. The van der Waals surface area contributed by atoms with Crippen LogP contribution in [0.15, 0.2) is 64.8 Å². The number of nitrogens with zero attached hydrogens (tertiary/aromatic N) is 2. The molecule has 1 heterocycles. The van der Waals surface area contributed by atoms with Gasteiger partial charge in [0.15, 0.2) is 0 Å². The van der Waals surface area contributed by atoms with E-state index in [1.54, 1.807) is 6.92 Å². The predicted octanol–water partition coefficient (Wildman–Crippen LogP) is 2.40. The number of benzene rings is 2. The van der Waals surface area contributed by atoms with E-state index in [4.69, 9.17) is 5.14 Å². The van der Waals surface area contributed by atoms with Gasteiger partial charge in [-0.3, -0.25) is 4.79 Å². The number of thioether (sulfide) groups is 1. The molecular weight excluding hydrogens is 372 g/mol. The number of aromatic nitrogens is 2. The van der Waals surface area contributed by atoms with Crippen LogP contribution in [-0.2, 0) is 14.8 Å². The molecule has 3 N–H and O–H groups in total. The molecule has 0 fully saturated rings. The molecule has 0 aliphatic carbocycles. The predicted molar refractivity (Wildman–Crippen MR) is 101 cm³/mol. The molecule has 3 aromatic rings. The minimum Gasteiger partial charge on any atom is -0.325 e. The number of carbonyl (C=O) groups is 1. The Bertz CT molecular complexity index is 1050. The van der Waals surface area contributed by atoms with Crippen molar-refractivity contribution in [1.29, 1.82) is 0 Å². The van der Waals surface area contributed by atoms with Gasteiger partial charge in [0, 0.05) is 11.1 Å². The number of hydrogen-bond donors (Lipinski definition) is 2. The van der Waals surface area contributed by atoms with Gasteiger partial charge in [0.1, 0.15) is 11.4 Å². The van der Waals surface area contributed by atoms with Crippen LogP contribution < -0.4 is 10.5 Å². The van der Waals surface area contributed by atoms with E-state index in [1.165, 1.54) is 42.4 Å². The zero-order valence-corrected chi connectivity index (χ0v) is 15.4. The normalized spacial score (nSPS) is 12.7. The number of hydrogen-bond acceptors (Lipinski definition) is 6. The fraction of sp³-hybridized carbons (Fsp3) is 0.118. The number of fused-ring (bicyclic) bond motifs is 1. The number of amides is 1. The monoisotopic (exact) mass is 388 g/mol. The summed E-state index contributed by atoms with van der Waals surface area (Å²) in [7, 11) is -3.76. The molecule has 1 unspecified atom stereocenters. The van der Waals surface area contributed by atoms with Crippen molar-refractivity contribution in [2.45, 2.75) is 22.1 Å². The van der Waals surface area contributed by atoms with Crippen LogP contribution in [0.5, 0.6) is 0 Å². The van der Waals surface area contributed by atoms with Crippen LogP contribution in [-0.4, -0.2) is 29.5 Å². The summed E-state index contributed by atoms with van der Waals surface area (Å²) in [5.41, 5.74) is 1.30. The summed E-state index contributed by atoms with van der Waals surface area (Å²) in [6, 6.07) is 13.3. The zero-order chi connectivity index (χ0) is 18.7. The van der Waals surface area contributed by atoms with Gasteiger partial charge >= 0.3 is 0 Å². The molecule has 0 aliphatic heterocycles. The Balaban J connectivity index is 1.72. The fourth-order valence-corrected chi connectivity index (χ4v) is 3.69. The van der Waals surface area contributed by atoms with Crippen LogP contribution in [0, 0.1) is 0 Å². The number of nitrogens with two attached hydrogens (primary N) is 1. The molecule has 7 nitrogen and oxygen atoms in total. The minimum atomic E-state index is -3.76. The SMILES string of the molecule is CC(Sc1ncnc2ccccc12)C(=O)Nc1ccc(S(N)(=O)=O)cc1. The smallest absolute Gasteiger partial charge is 0.238 e. The molecule has 2 aromatic carbocycles. The van der Waals surface area contributed by atoms with E-state index in [9.17, 15) is 13.2 Å². The Morgan fingerprint density at radius 1 is 1.12 bits per heavy atom. The van der Waals surface area contributed by atoms with Crippen molar-refractivity contribution in [2.24, 2.45) is 5.14 Å². The van der Waals surface area contributed by atoms with Crippen LogP contribution in [0.25, 0.3) is 10.9 Å². The standard InChI is InChI=1S/C17H16N4O3S2/c1-11(25-17-14-4-2-3-5-15(14)19-10-20-17)16(22)21-12-6-8-13(9-7-12)26(18,23)24/h2-11H,1H3,(H,21,22)(H2,18,23,24). The first-order valence-corrected chi connectivity index (χ1v) is 10.1. The van der Waals surface area contributed by atoms with Gasteiger partial charge in [0.25, 0.3) is 0 Å². The van der Waals surface area contributed by atoms with Gasteiger partial charge < -0.3 is 5.32 Å². The second-order valence-corrected chi connectivity index (χ2v) is 8.41. The average Bonchev–Trinajstić information content (AvgIpc) is 2.61. The molecule has 0 radical (unpaired) electrons. The van der Waals surface area contributed by atoms with Gasteiger partial charge in [-0.15, -0.1) is 0 Å². The summed E-state index contributed by atoms with van der Waals surface area (Å²) in [4.78, 5) is 20.9. The van der Waals surface area contributed by atoms with Crippen molar-refractivity contribution >= 4 is 44.3 Å². The zero-order valence-electron chi connectivity index (χ0n) is 13.8. The maximum absolute atomic E-state index is 12.4. The topological polar surface area (TPSA) is 115 Å². The lowest BCUT2D eigenvalue weighted by molar-refractivity contribution is -0.115. The number of anilines is 1. The highest BCUT2D eigenvalue weighted by Gasteiger charge is 2.17. The molecular formula is C17H16N4O3S2. The molecule has 3 rings (SSSR count). The first-order chi connectivity index (χ1) is 12.3. The summed E-state index contributed by atoms with van der Waals surface area (Å²) in [6.07, 6.45) is 1.47. The molecule has 0 aliphatic rings. The molecule has 1 aromatic heterocycles. The van der Waals surface area contributed by atoms with Crippen LogP contribution in [0.4, 0.5) is 5.69 Å². The number of carbonyl (C=O) groups excluding carboxylic acids is 1. The Hall–Kier alpha value is -2.49. The Labute approximate surface area is 155 Å². The highest BCUT2D eigenvalue weighted by molar-refractivity contribution is 8.00. The number of sulfonamides is 1. The highest BCUT2D eigenvalue weighted by atomic mass is 32.2. The molecule has 134 valence electrons.